The lowest BCUT2D eigenvalue weighted by Crippen LogP contribution is -2.12. The molecule has 0 N–H and O–H groups in total. The number of halogens is 2. The molecule has 0 unspecified atom stereocenters. The first kappa shape index (κ1) is 28.4. The quantitative estimate of drug-likeness (QED) is 0.313. The van der Waals surface area contributed by atoms with Crippen LogP contribution < -0.4 is 0 Å². The van der Waals surface area contributed by atoms with Crippen LogP contribution in [-0.4, -0.2) is 25.0 Å². The van der Waals surface area contributed by atoms with Crippen LogP contribution in [0.1, 0.15) is 41.8 Å². The normalized spacial score (nSPS) is 14.6. The molecule has 1 saturated heterocycles. The van der Waals surface area contributed by atoms with E-state index in [1.54, 1.807) is 23.5 Å². The van der Waals surface area contributed by atoms with E-state index in [4.69, 9.17) is 16.9 Å². The van der Waals surface area contributed by atoms with Crippen LogP contribution >= 0.6 is 38.9 Å². The Morgan fingerprint density at radius 2 is 1.88 bits per heavy atom. The van der Waals surface area contributed by atoms with Gasteiger partial charge in [0.2, 0.25) is 0 Å². The third-order valence-corrected chi connectivity index (χ3v) is 6.76. The summed E-state index contributed by atoms with van der Waals surface area (Å²) < 4.78 is 1.22. The van der Waals surface area contributed by atoms with Crippen molar-refractivity contribution < 1.29 is 0 Å². The van der Waals surface area contributed by atoms with Gasteiger partial charge in [0.1, 0.15) is 6.07 Å². The highest BCUT2D eigenvalue weighted by Gasteiger charge is 2.13. The molecule has 0 aliphatic carbocycles. The molecule has 1 fully saturated rings. The summed E-state index contributed by atoms with van der Waals surface area (Å²) >= 11 is 10.9. The lowest BCUT2D eigenvalue weighted by molar-refractivity contribution is 0.402. The predicted molar refractivity (Wildman–Crippen MR) is 145 cm³/mol. The summed E-state index contributed by atoms with van der Waals surface area (Å²) in [5, 5.41) is 11.1. The third kappa shape index (κ3) is 11.8. The molecule has 5 heteroatoms. The van der Waals surface area contributed by atoms with Crippen LogP contribution in [0, 0.1) is 31.1 Å². The molecule has 2 nitrogen and oxygen atoms in total. The van der Waals surface area contributed by atoms with E-state index in [-0.39, 0.29) is 0 Å². The third-order valence-electron chi connectivity index (χ3n) is 4.87. The zero-order chi connectivity index (χ0) is 23.9. The van der Waals surface area contributed by atoms with Crippen LogP contribution in [0.15, 0.2) is 64.5 Å². The second-order valence-corrected chi connectivity index (χ2v) is 10.3. The number of hydrogen-bond acceptors (Lipinski definition) is 3. The average Bonchev–Trinajstić information content (AvgIpc) is 3.40. The fraction of sp³-hybridized carbons (Fsp3) is 0.370. The maximum Gasteiger partial charge on any atom is 0.101 e. The largest absolute Gasteiger partial charge is 0.306 e. The van der Waals surface area contributed by atoms with Gasteiger partial charge in [0.15, 0.2) is 0 Å². The van der Waals surface area contributed by atoms with Gasteiger partial charge in [0.05, 0.1) is 10.6 Å². The van der Waals surface area contributed by atoms with Gasteiger partial charge in [-0.05, 0) is 87.0 Å². The first-order valence-electron chi connectivity index (χ1n) is 10.8. The number of aryl methyl sites for hydroxylation is 3. The Hall–Kier alpha value is -1.64. The van der Waals surface area contributed by atoms with Gasteiger partial charge >= 0.3 is 0 Å². The van der Waals surface area contributed by atoms with Crippen molar-refractivity contribution in [2.45, 2.75) is 40.5 Å². The fourth-order valence-electron chi connectivity index (χ4n) is 3.01. The van der Waals surface area contributed by atoms with Gasteiger partial charge in [0.25, 0.3) is 0 Å². The summed E-state index contributed by atoms with van der Waals surface area (Å²) in [5.41, 5.74) is 2.98. The van der Waals surface area contributed by atoms with E-state index in [1.807, 2.05) is 25.1 Å². The molecule has 0 spiro atoms. The zero-order valence-corrected chi connectivity index (χ0v) is 22.9. The molecule has 0 saturated carbocycles. The molecule has 0 radical (unpaired) electrons. The molecule has 2 aromatic carbocycles. The van der Waals surface area contributed by atoms with E-state index in [0.29, 0.717) is 10.6 Å². The minimum atomic E-state index is 0.530. The van der Waals surface area contributed by atoms with Gasteiger partial charge in [-0.1, -0.05) is 71.7 Å². The lowest BCUT2D eigenvalue weighted by Gasteiger charge is -2.03. The first-order valence-corrected chi connectivity index (χ1v) is 12.9. The molecule has 1 aliphatic rings. The molecule has 1 aliphatic heterocycles. The molecule has 32 heavy (non-hydrogen) atoms. The molecule has 2 heterocycles. The Bertz CT molecular complexity index is 943. The van der Waals surface area contributed by atoms with Crippen LogP contribution in [0.2, 0.25) is 5.02 Å². The van der Waals surface area contributed by atoms with Crippen LogP contribution in [0.25, 0.3) is 0 Å². The second-order valence-electron chi connectivity index (χ2n) is 7.92. The second kappa shape index (κ2) is 16.0. The summed E-state index contributed by atoms with van der Waals surface area (Å²) in [6, 6.07) is 19.8. The first-order chi connectivity index (χ1) is 15.3. The Labute approximate surface area is 212 Å². The van der Waals surface area contributed by atoms with Crippen LogP contribution in [0.4, 0.5) is 0 Å². The fourth-order valence-corrected chi connectivity index (χ4v) is 4.38. The van der Waals surface area contributed by atoms with E-state index in [2.05, 4.69) is 84.4 Å². The van der Waals surface area contributed by atoms with Gasteiger partial charge in [-0.15, -0.1) is 11.3 Å². The number of nitriles is 1. The standard InChI is InChI=1S/C8H9Br.C8H6ClN.C6H13N.C5H6S/c1-2-7-5-3-4-6-8(7)9;1-6-2-3-7(5-10)8(9)4-6;1-6-3-4-7(2)5-6;1-5-3-2-4-6-5/h3-6H,2H2,1H3;2-4H,1H3;6H,3-5H2,1-2H3;2-4H,1H3/t;;6-;/m..0./s1. The van der Waals surface area contributed by atoms with E-state index >= 15 is 0 Å². The summed E-state index contributed by atoms with van der Waals surface area (Å²) in [6.07, 6.45) is 2.50. The highest BCUT2D eigenvalue weighted by molar-refractivity contribution is 9.10. The lowest BCUT2D eigenvalue weighted by atomic mass is 10.2. The highest BCUT2D eigenvalue weighted by atomic mass is 79.9. The maximum atomic E-state index is 8.47. The Kier molecular flexibility index (Phi) is 14.2. The van der Waals surface area contributed by atoms with Crippen molar-refractivity contribution in [3.8, 4) is 6.07 Å². The van der Waals surface area contributed by atoms with Crippen molar-refractivity contribution >= 4 is 38.9 Å². The minimum Gasteiger partial charge on any atom is -0.306 e. The van der Waals surface area contributed by atoms with Crippen molar-refractivity contribution in [3.63, 3.8) is 0 Å². The summed E-state index contributed by atoms with van der Waals surface area (Å²) in [7, 11) is 2.18. The Morgan fingerprint density at radius 3 is 2.22 bits per heavy atom. The van der Waals surface area contributed by atoms with Crippen LogP contribution in [-0.2, 0) is 6.42 Å². The Balaban J connectivity index is 0.000000217. The molecular formula is C27H34BrClN2S. The van der Waals surface area contributed by atoms with Crippen LogP contribution in [0.3, 0.4) is 0 Å². The van der Waals surface area contributed by atoms with Crippen molar-refractivity contribution in [2.24, 2.45) is 5.92 Å². The zero-order valence-electron chi connectivity index (χ0n) is 19.7. The minimum absolute atomic E-state index is 0.530. The smallest absolute Gasteiger partial charge is 0.101 e. The number of nitrogens with zero attached hydrogens (tertiary/aromatic N) is 2. The number of likely N-dealkylation sites (tertiary alicyclic amines) is 1. The van der Waals surface area contributed by atoms with Gasteiger partial charge < -0.3 is 4.90 Å². The van der Waals surface area contributed by atoms with Gasteiger partial charge in [-0.2, -0.15) is 5.26 Å². The van der Waals surface area contributed by atoms with Crippen molar-refractivity contribution in [3.05, 3.63) is 91.0 Å². The summed E-state index contributed by atoms with van der Waals surface area (Å²) in [5.74, 6) is 0.949. The van der Waals surface area contributed by atoms with Crippen molar-refractivity contribution in [1.82, 2.24) is 4.90 Å². The molecule has 172 valence electrons. The van der Waals surface area contributed by atoms with Gasteiger partial charge in [0, 0.05) is 15.9 Å². The van der Waals surface area contributed by atoms with E-state index in [0.717, 1.165) is 17.9 Å². The number of rotatable bonds is 1. The van der Waals surface area contributed by atoms with E-state index in [9.17, 15) is 0 Å². The monoisotopic (exact) mass is 532 g/mol. The molecular weight excluding hydrogens is 500 g/mol. The topological polar surface area (TPSA) is 27.0 Å². The van der Waals surface area contributed by atoms with Crippen LogP contribution in [0.5, 0.6) is 0 Å². The van der Waals surface area contributed by atoms with Gasteiger partial charge in [-0.3, -0.25) is 0 Å². The van der Waals surface area contributed by atoms with E-state index < -0.39 is 0 Å². The summed E-state index contributed by atoms with van der Waals surface area (Å²) in [6.45, 7) is 11.1. The van der Waals surface area contributed by atoms with E-state index in [1.165, 1.54) is 34.4 Å². The van der Waals surface area contributed by atoms with Gasteiger partial charge in [-0.25, -0.2) is 0 Å². The molecule has 0 amide bonds. The average molecular weight is 534 g/mol. The van der Waals surface area contributed by atoms with Crippen molar-refractivity contribution in [2.75, 3.05) is 20.1 Å². The number of thiophene rings is 1. The van der Waals surface area contributed by atoms with Crippen molar-refractivity contribution in [1.29, 1.82) is 5.26 Å². The summed E-state index contributed by atoms with van der Waals surface area (Å²) in [4.78, 5) is 3.76. The number of benzene rings is 2. The Morgan fingerprint density at radius 1 is 1.16 bits per heavy atom. The molecule has 3 aromatic rings. The molecule has 1 atom stereocenters. The molecule has 1 aromatic heterocycles. The maximum absolute atomic E-state index is 8.47. The number of hydrogen-bond donors (Lipinski definition) is 0. The SMILES string of the molecule is CCc1ccccc1Br.C[C@H]1CCN(C)C1.Cc1ccc(C#N)c(Cl)c1.Cc1cccs1. The molecule has 0 bridgehead atoms. The predicted octanol–water partition coefficient (Wildman–Crippen LogP) is 8.55. The highest BCUT2D eigenvalue weighted by Crippen LogP contribution is 2.16. The molecule has 4 rings (SSSR count).